The Kier molecular flexibility index (Phi) is 2.58. The van der Waals surface area contributed by atoms with Crippen LogP contribution in [-0.4, -0.2) is 15.0 Å². The van der Waals surface area contributed by atoms with E-state index in [9.17, 15) is 0 Å². The zero-order valence-corrected chi connectivity index (χ0v) is 9.85. The van der Waals surface area contributed by atoms with Crippen molar-refractivity contribution in [3.05, 3.63) is 35.6 Å². The van der Waals surface area contributed by atoms with Crippen molar-refractivity contribution in [3.8, 4) is 11.5 Å². The van der Waals surface area contributed by atoms with Crippen LogP contribution in [-0.2, 0) is 0 Å². The number of oxazole rings is 1. The lowest BCUT2D eigenvalue weighted by Crippen LogP contribution is -2.09. The fourth-order valence-corrected chi connectivity index (χ4v) is 1.70. The van der Waals surface area contributed by atoms with Gasteiger partial charge in [0.05, 0.1) is 5.56 Å². The maximum atomic E-state index is 5.89. The van der Waals surface area contributed by atoms with E-state index in [0.29, 0.717) is 33.5 Å². The molecule has 2 aromatic heterocycles. The quantitative estimate of drug-likeness (QED) is 0.543. The molecule has 0 saturated heterocycles. The molecule has 6 nitrogen and oxygen atoms in total. The number of anilines is 1. The number of hydrazine groups is 1. The van der Waals surface area contributed by atoms with E-state index in [1.54, 1.807) is 30.6 Å². The van der Waals surface area contributed by atoms with Gasteiger partial charge in [-0.15, -0.1) is 0 Å². The number of hydrogen-bond donors (Lipinski definition) is 2. The van der Waals surface area contributed by atoms with Crippen molar-refractivity contribution in [2.45, 2.75) is 0 Å². The predicted octanol–water partition coefficient (Wildman–Crippen LogP) is 2.22. The first-order chi connectivity index (χ1) is 8.76. The molecule has 0 saturated carbocycles. The Morgan fingerprint density at radius 1 is 1.22 bits per heavy atom. The number of nitrogen functional groups attached to an aromatic ring is 1. The number of nitrogens with zero attached hydrogens (tertiary/aromatic N) is 3. The van der Waals surface area contributed by atoms with Crippen LogP contribution in [0, 0.1) is 0 Å². The van der Waals surface area contributed by atoms with Crippen LogP contribution in [0.2, 0.25) is 5.02 Å². The van der Waals surface area contributed by atoms with Crippen LogP contribution in [0.15, 0.2) is 35.0 Å². The van der Waals surface area contributed by atoms with Gasteiger partial charge in [0.2, 0.25) is 11.8 Å². The number of aromatic nitrogens is 3. The summed E-state index contributed by atoms with van der Waals surface area (Å²) in [5.41, 5.74) is 4.37. The average Bonchev–Trinajstić information content (AvgIpc) is 2.81. The minimum Gasteiger partial charge on any atom is -0.436 e. The largest absolute Gasteiger partial charge is 0.436 e. The third-order valence-corrected chi connectivity index (χ3v) is 2.61. The van der Waals surface area contributed by atoms with Crippen LogP contribution >= 0.6 is 11.6 Å². The van der Waals surface area contributed by atoms with Gasteiger partial charge in [0, 0.05) is 17.4 Å². The molecule has 3 aromatic rings. The molecule has 0 aliphatic heterocycles. The normalized spacial score (nSPS) is 10.8. The second kappa shape index (κ2) is 4.25. The van der Waals surface area contributed by atoms with Crippen LogP contribution in [0.1, 0.15) is 0 Å². The molecule has 3 N–H and O–H groups in total. The highest BCUT2D eigenvalue weighted by atomic mass is 35.5. The molecule has 0 unspecified atom stereocenters. The third kappa shape index (κ3) is 1.87. The van der Waals surface area contributed by atoms with Crippen molar-refractivity contribution in [2.24, 2.45) is 5.84 Å². The number of halogens is 1. The Balaban J connectivity index is 2.07. The van der Waals surface area contributed by atoms with Gasteiger partial charge in [-0.3, -0.25) is 5.43 Å². The molecule has 90 valence electrons. The highest BCUT2D eigenvalue weighted by molar-refractivity contribution is 6.31. The van der Waals surface area contributed by atoms with Gasteiger partial charge in [-0.2, -0.15) is 0 Å². The monoisotopic (exact) mass is 261 g/mol. The van der Waals surface area contributed by atoms with Crippen molar-refractivity contribution in [3.63, 3.8) is 0 Å². The van der Waals surface area contributed by atoms with Crippen molar-refractivity contribution in [1.82, 2.24) is 15.0 Å². The van der Waals surface area contributed by atoms with E-state index in [4.69, 9.17) is 21.9 Å². The van der Waals surface area contributed by atoms with E-state index in [2.05, 4.69) is 20.4 Å². The molecule has 0 radical (unpaired) electrons. The van der Waals surface area contributed by atoms with E-state index < -0.39 is 0 Å². The molecule has 0 bridgehead atoms. The fraction of sp³-hybridized carbons (Fsp3) is 0. The van der Waals surface area contributed by atoms with Gasteiger partial charge in [0.15, 0.2) is 5.58 Å². The minimum absolute atomic E-state index is 0.331. The van der Waals surface area contributed by atoms with Gasteiger partial charge >= 0.3 is 0 Å². The summed E-state index contributed by atoms with van der Waals surface area (Å²) in [6.45, 7) is 0. The average molecular weight is 262 g/mol. The second-order valence-corrected chi connectivity index (χ2v) is 4.01. The lowest BCUT2D eigenvalue weighted by molar-refractivity contribution is 0.619. The summed E-state index contributed by atoms with van der Waals surface area (Å²) in [6.07, 6.45) is 3.16. The van der Waals surface area contributed by atoms with Crippen molar-refractivity contribution in [2.75, 3.05) is 5.43 Å². The minimum atomic E-state index is 0.331. The van der Waals surface area contributed by atoms with Crippen LogP contribution in [0.25, 0.3) is 22.6 Å². The van der Waals surface area contributed by atoms with Crippen molar-refractivity contribution < 1.29 is 4.42 Å². The number of fused-ring (bicyclic) bond motifs is 1. The first-order valence-electron chi connectivity index (χ1n) is 5.11. The SMILES string of the molecule is NNc1ncc(-c2nc3cc(Cl)ccc3o2)cn1. The first kappa shape index (κ1) is 10.9. The van der Waals surface area contributed by atoms with E-state index in [-0.39, 0.29) is 0 Å². The molecule has 0 aliphatic rings. The van der Waals surface area contributed by atoms with Crippen LogP contribution in [0.3, 0.4) is 0 Å². The van der Waals surface area contributed by atoms with E-state index in [0.717, 1.165) is 0 Å². The van der Waals surface area contributed by atoms with Gasteiger partial charge < -0.3 is 4.42 Å². The Hall–Kier alpha value is -2.18. The summed E-state index contributed by atoms with van der Waals surface area (Å²) < 4.78 is 5.58. The molecule has 2 heterocycles. The van der Waals surface area contributed by atoms with E-state index in [1.807, 2.05) is 0 Å². The Morgan fingerprint density at radius 2 is 2.00 bits per heavy atom. The summed E-state index contributed by atoms with van der Waals surface area (Å²) in [5.74, 6) is 5.96. The molecule has 0 atom stereocenters. The first-order valence-corrected chi connectivity index (χ1v) is 5.49. The summed E-state index contributed by atoms with van der Waals surface area (Å²) in [5, 5.41) is 0.612. The van der Waals surface area contributed by atoms with Crippen molar-refractivity contribution >= 4 is 28.6 Å². The summed E-state index contributed by atoms with van der Waals surface area (Å²) in [4.78, 5) is 12.3. The number of benzene rings is 1. The molecule has 18 heavy (non-hydrogen) atoms. The molecule has 0 aliphatic carbocycles. The van der Waals surface area contributed by atoms with Gasteiger partial charge in [-0.05, 0) is 18.2 Å². The zero-order chi connectivity index (χ0) is 12.5. The number of hydrogen-bond acceptors (Lipinski definition) is 6. The second-order valence-electron chi connectivity index (χ2n) is 3.57. The van der Waals surface area contributed by atoms with Crippen LogP contribution in [0.4, 0.5) is 5.95 Å². The number of nitrogens with one attached hydrogen (secondary N) is 1. The number of rotatable bonds is 2. The Morgan fingerprint density at radius 3 is 2.72 bits per heavy atom. The zero-order valence-electron chi connectivity index (χ0n) is 9.09. The van der Waals surface area contributed by atoms with Gasteiger partial charge in [0.1, 0.15) is 5.52 Å². The Bertz CT molecular complexity index is 694. The highest BCUT2D eigenvalue weighted by Crippen LogP contribution is 2.25. The van der Waals surface area contributed by atoms with E-state index in [1.165, 1.54) is 0 Å². The van der Waals surface area contributed by atoms with Crippen LogP contribution < -0.4 is 11.3 Å². The smallest absolute Gasteiger partial charge is 0.237 e. The molecule has 3 rings (SSSR count). The fourth-order valence-electron chi connectivity index (χ4n) is 1.54. The van der Waals surface area contributed by atoms with E-state index >= 15 is 0 Å². The molecule has 0 amide bonds. The standard InChI is InChI=1S/C11H8ClN5O/c12-7-1-2-9-8(3-7)16-10(18-9)6-4-14-11(17-13)15-5-6/h1-5H,13H2,(H,14,15,17). The van der Waals surface area contributed by atoms with Crippen LogP contribution in [0.5, 0.6) is 0 Å². The molecule has 0 fully saturated rings. The highest BCUT2D eigenvalue weighted by Gasteiger charge is 2.09. The number of nitrogens with two attached hydrogens (primary N) is 1. The van der Waals surface area contributed by atoms with Gasteiger partial charge in [-0.25, -0.2) is 20.8 Å². The maximum Gasteiger partial charge on any atom is 0.237 e. The third-order valence-electron chi connectivity index (χ3n) is 2.38. The molecular formula is C11H8ClN5O. The molecule has 0 spiro atoms. The summed E-state index contributed by atoms with van der Waals surface area (Å²) in [7, 11) is 0. The maximum absolute atomic E-state index is 5.89. The van der Waals surface area contributed by atoms with Gasteiger partial charge in [0.25, 0.3) is 0 Å². The Labute approximate surface area is 107 Å². The predicted molar refractivity (Wildman–Crippen MR) is 67.9 cm³/mol. The molecule has 7 heteroatoms. The van der Waals surface area contributed by atoms with Crippen molar-refractivity contribution in [1.29, 1.82) is 0 Å². The lowest BCUT2D eigenvalue weighted by Gasteiger charge is -1.97. The van der Waals surface area contributed by atoms with Gasteiger partial charge in [-0.1, -0.05) is 11.6 Å². The molecular weight excluding hydrogens is 254 g/mol. The molecule has 1 aromatic carbocycles. The summed E-state index contributed by atoms with van der Waals surface area (Å²) >= 11 is 5.89. The topological polar surface area (TPSA) is 89.9 Å². The lowest BCUT2D eigenvalue weighted by atomic mass is 10.3. The summed E-state index contributed by atoms with van der Waals surface area (Å²) in [6, 6.07) is 5.25.